The predicted molar refractivity (Wildman–Crippen MR) is 115 cm³/mol. The number of ketones is 1. The molecular formula is C21H29N5O3. The Morgan fingerprint density at radius 3 is 2.28 bits per heavy atom. The lowest BCUT2D eigenvalue weighted by molar-refractivity contribution is 0.0924. The molecule has 0 bridgehead atoms. The van der Waals surface area contributed by atoms with E-state index in [0.29, 0.717) is 19.6 Å². The van der Waals surface area contributed by atoms with Gasteiger partial charge in [-0.2, -0.15) is 0 Å². The van der Waals surface area contributed by atoms with Crippen LogP contribution in [0.15, 0.2) is 39.9 Å². The van der Waals surface area contributed by atoms with Crippen molar-refractivity contribution in [3.8, 4) is 0 Å². The van der Waals surface area contributed by atoms with E-state index in [1.165, 1.54) is 11.6 Å². The number of Topliss-reactive ketones (excluding diaryl/α,β-unsaturated/α-hetero) is 1. The molecule has 1 aliphatic heterocycles. The molecular weight excluding hydrogens is 370 g/mol. The number of aromatic nitrogens is 2. The van der Waals surface area contributed by atoms with E-state index in [2.05, 4.69) is 17.0 Å². The summed E-state index contributed by atoms with van der Waals surface area (Å²) in [6.45, 7) is 7.40. The number of nitrogen functional groups attached to an aromatic ring is 1. The van der Waals surface area contributed by atoms with Crippen LogP contribution in [0.25, 0.3) is 0 Å². The molecule has 1 saturated heterocycles. The van der Waals surface area contributed by atoms with Crippen LogP contribution in [0.2, 0.25) is 0 Å². The Balaban J connectivity index is 1.75. The Morgan fingerprint density at radius 1 is 1.07 bits per heavy atom. The largest absolute Gasteiger partial charge is 0.384 e. The first kappa shape index (κ1) is 20.9. The van der Waals surface area contributed by atoms with E-state index in [4.69, 9.17) is 5.73 Å². The summed E-state index contributed by atoms with van der Waals surface area (Å²) < 4.78 is 2.30. The number of hydrogen-bond acceptors (Lipinski definition) is 6. The highest BCUT2D eigenvalue weighted by Gasteiger charge is 2.25. The van der Waals surface area contributed by atoms with Crippen molar-refractivity contribution in [3.05, 3.63) is 56.7 Å². The van der Waals surface area contributed by atoms with Crippen molar-refractivity contribution in [2.75, 3.05) is 43.4 Å². The number of para-hydroxylation sites is 1. The van der Waals surface area contributed by atoms with Crippen LogP contribution in [0.5, 0.6) is 0 Å². The van der Waals surface area contributed by atoms with Crippen LogP contribution in [-0.4, -0.2) is 52.5 Å². The van der Waals surface area contributed by atoms with Crippen molar-refractivity contribution in [2.45, 2.75) is 20.4 Å². The van der Waals surface area contributed by atoms with Gasteiger partial charge in [0.05, 0.1) is 6.54 Å². The Labute approximate surface area is 170 Å². The molecule has 8 nitrogen and oxygen atoms in total. The van der Waals surface area contributed by atoms with Gasteiger partial charge in [-0.05, 0) is 18.1 Å². The van der Waals surface area contributed by atoms with Gasteiger partial charge in [0.2, 0.25) is 0 Å². The van der Waals surface area contributed by atoms with E-state index in [9.17, 15) is 14.4 Å². The third-order valence-electron chi connectivity index (χ3n) is 5.27. The predicted octanol–water partition coefficient (Wildman–Crippen LogP) is 0.790. The standard InChI is InChI=1S/C21H29N5O3/c1-15(2)13-26-19(22)18(20(28)23(3)21(26)29)17(27)14-24-9-11-25(12-10-24)16-7-5-4-6-8-16/h4-8,15H,9-14,22H2,1-3H3. The molecule has 8 heteroatoms. The number of nitrogens with two attached hydrogens (primary N) is 1. The molecule has 0 aliphatic carbocycles. The highest BCUT2D eigenvalue weighted by atomic mass is 16.2. The van der Waals surface area contributed by atoms with Crippen molar-refractivity contribution < 1.29 is 4.79 Å². The van der Waals surface area contributed by atoms with Crippen LogP contribution >= 0.6 is 0 Å². The van der Waals surface area contributed by atoms with Gasteiger partial charge in [0.15, 0.2) is 5.78 Å². The lowest BCUT2D eigenvalue weighted by atomic mass is 10.1. The smallest absolute Gasteiger partial charge is 0.332 e. The summed E-state index contributed by atoms with van der Waals surface area (Å²) in [5.74, 6) is -0.213. The average molecular weight is 399 g/mol. The number of hydrogen-bond donors (Lipinski definition) is 1. The molecule has 1 aromatic carbocycles. The Kier molecular flexibility index (Phi) is 6.22. The summed E-state index contributed by atoms with van der Waals surface area (Å²) in [4.78, 5) is 42.2. The van der Waals surface area contributed by atoms with Crippen LogP contribution in [0.4, 0.5) is 11.5 Å². The topological polar surface area (TPSA) is 93.6 Å². The van der Waals surface area contributed by atoms with E-state index in [-0.39, 0.29) is 29.6 Å². The summed E-state index contributed by atoms with van der Waals surface area (Å²) in [6.07, 6.45) is 0. The molecule has 29 heavy (non-hydrogen) atoms. The average Bonchev–Trinajstić information content (AvgIpc) is 2.71. The van der Waals surface area contributed by atoms with Gasteiger partial charge in [-0.3, -0.25) is 23.6 Å². The molecule has 2 heterocycles. The normalized spacial score (nSPS) is 15.1. The molecule has 0 atom stereocenters. The van der Waals surface area contributed by atoms with Gasteiger partial charge in [0.1, 0.15) is 11.4 Å². The first-order valence-electron chi connectivity index (χ1n) is 9.94. The maximum Gasteiger partial charge on any atom is 0.332 e. The fourth-order valence-corrected chi connectivity index (χ4v) is 3.67. The molecule has 0 radical (unpaired) electrons. The van der Waals surface area contributed by atoms with Gasteiger partial charge in [0.25, 0.3) is 5.56 Å². The summed E-state index contributed by atoms with van der Waals surface area (Å²) >= 11 is 0. The zero-order valence-electron chi connectivity index (χ0n) is 17.3. The molecule has 1 aliphatic rings. The van der Waals surface area contributed by atoms with Gasteiger partial charge < -0.3 is 10.6 Å². The zero-order chi connectivity index (χ0) is 21.1. The van der Waals surface area contributed by atoms with Crippen molar-refractivity contribution in [2.24, 2.45) is 13.0 Å². The summed E-state index contributed by atoms with van der Waals surface area (Å²) in [6, 6.07) is 10.2. The fraction of sp³-hybridized carbons (Fsp3) is 0.476. The first-order chi connectivity index (χ1) is 13.8. The zero-order valence-corrected chi connectivity index (χ0v) is 17.3. The molecule has 0 unspecified atom stereocenters. The van der Waals surface area contributed by atoms with Crippen molar-refractivity contribution in [1.29, 1.82) is 0 Å². The van der Waals surface area contributed by atoms with Gasteiger partial charge in [-0.25, -0.2) is 4.79 Å². The molecule has 0 amide bonds. The number of piperazine rings is 1. The summed E-state index contributed by atoms with van der Waals surface area (Å²) in [5.41, 5.74) is 6.07. The van der Waals surface area contributed by atoms with Gasteiger partial charge in [-0.15, -0.1) is 0 Å². The molecule has 1 fully saturated rings. The van der Waals surface area contributed by atoms with Crippen molar-refractivity contribution in [3.63, 3.8) is 0 Å². The summed E-state index contributed by atoms with van der Waals surface area (Å²) in [5, 5.41) is 0. The second-order valence-corrected chi connectivity index (χ2v) is 7.93. The van der Waals surface area contributed by atoms with Crippen molar-refractivity contribution in [1.82, 2.24) is 14.0 Å². The minimum absolute atomic E-state index is 0.0280. The Bertz CT molecular complexity index is 986. The Morgan fingerprint density at radius 2 is 1.69 bits per heavy atom. The fourth-order valence-electron chi connectivity index (χ4n) is 3.67. The molecule has 1 aromatic heterocycles. The highest BCUT2D eigenvalue weighted by molar-refractivity contribution is 6.01. The molecule has 0 saturated carbocycles. The molecule has 2 aromatic rings. The quantitative estimate of drug-likeness (QED) is 0.722. The van der Waals surface area contributed by atoms with Crippen LogP contribution in [0, 0.1) is 5.92 Å². The maximum atomic E-state index is 12.9. The third kappa shape index (κ3) is 4.42. The van der Waals surface area contributed by atoms with Gasteiger partial charge in [-0.1, -0.05) is 32.0 Å². The van der Waals surface area contributed by atoms with Gasteiger partial charge in [0, 0.05) is 45.5 Å². The second-order valence-electron chi connectivity index (χ2n) is 7.93. The first-order valence-corrected chi connectivity index (χ1v) is 9.94. The highest BCUT2D eigenvalue weighted by Crippen LogP contribution is 2.16. The minimum atomic E-state index is -0.625. The van der Waals surface area contributed by atoms with Gasteiger partial charge >= 0.3 is 5.69 Å². The maximum absolute atomic E-state index is 12.9. The molecule has 2 N–H and O–H groups in total. The number of rotatable bonds is 6. The number of nitrogens with zero attached hydrogens (tertiary/aromatic N) is 4. The Hall–Kier alpha value is -2.87. The lowest BCUT2D eigenvalue weighted by Gasteiger charge is -2.35. The van der Waals surface area contributed by atoms with Crippen LogP contribution in [0.1, 0.15) is 24.2 Å². The van der Waals surface area contributed by atoms with E-state index >= 15 is 0 Å². The summed E-state index contributed by atoms with van der Waals surface area (Å²) in [7, 11) is 1.39. The van der Waals surface area contributed by atoms with Crippen LogP contribution in [-0.2, 0) is 13.6 Å². The van der Waals surface area contributed by atoms with Crippen molar-refractivity contribution >= 4 is 17.3 Å². The van der Waals surface area contributed by atoms with Crippen LogP contribution in [0.3, 0.4) is 0 Å². The SMILES string of the molecule is CC(C)Cn1c(N)c(C(=O)CN2CCN(c3ccccc3)CC2)c(=O)n(C)c1=O. The minimum Gasteiger partial charge on any atom is -0.384 e. The molecule has 156 valence electrons. The number of carbonyl (C=O) groups is 1. The van der Waals surface area contributed by atoms with E-state index in [1.807, 2.05) is 36.9 Å². The van der Waals surface area contributed by atoms with E-state index in [0.717, 1.165) is 23.3 Å². The van der Waals surface area contributed by atoms with Crippen LogP contribution < -0.4 is 21.9 Å². The monoisotopic (exact) mass is 399 g/mol. The number of carbonyl (C=O) groups excluding carboxylic acids is 1. The van der Waals surface area contributed by atoms with E-state index in [1.54, 1.807) is 0 Å². The lowest BCUT2D eigenvalue weighted by Crippen LogP contribution is -2.49. The third-order valence-corrected chi connectivity index (χ3v) is 5.27. The molecule has 3 rings (SSSR count). The number of anilines is 2. The number of benzene rings is 1. The second kappa shape index (κ2) is 8.65. The molecule has 0 spiro atoms. The van der Waals surface area contributed by atoms with E-state index < -0.39 is 11.2 Å².